The molecule has 2 aromatic carbocycles. The molecule has 2 aromatic heterocycles. The molecule has 3 heterocycles. The van der Waals surface area contributed by atoms with E-state index < -0.39 is 10.0 Å². The first-order chi connectivity index (χ1) is 16.0. The number of benzene rings is 2. The largest absolute Gasteiger partial charge is 0.488 e. The molecule has 0 unspecified atom stereocenters. The number of anilines is 2. The molecule has 1 fully saturated rings. The van der Waals surface area contributed by atoms with E-state index in [1.807, 2.05) is 18.2 Å². The number of piperidine rings is 1. The van der Waals surface area contributed by atoms with E-state index in [0.717, 1.165) is 45.8 Å². The Morgan fingerprint density at radius 3 is 2.59 bits per heavy atom. The molecule has 1 aliphatic rings. The van der Waals surface area contributed by atoms with Crippen molar-refractivity contribution in [2.45, 2.75) is 31.4 Å². The molecule has 0 bridgehead atoms. The first-order valence-corrected chi connectivity index (χ1v) is 13.6. The Kier molecular flexibility index (Phi) is 7.39. The maximum atomic E-state index is 12.7. The lowest BCUT2D eigenvalue weighted by atomic mass is 10.1. The Bertz CT molecular complexity index is 1370. The minimum atomic E-state index is -3.80. The van der Waals surface area contributed by atoms with Crippen molar-refractivity contribution in [1.82, 2.24) is 9.97 Å². The fourth-order valence-electron chi connectivity index (χ4n) is 3.72. The van der Waals surface area contributed by atoms with Gasteiger partial charge in [-0.1, -0.05) is 52.9 Å². The van der Waals surface area contributed by atoms with Gasteiger partial charge in [-0.2, -0.15) is 8.42 Å². The second-order valence-electron chi connectivity index (χ2n) is 7.68. The molecular weight excluding hydrogens is 536 g/mol. The lowest BCUT2D eigenvalue weighted by Gasteiger charge is -2.32. The van der Waals surface area contributed by atoms with Gasteiger partial charge in [0.1, 0.15) is 11.9 Å². The van der Waals surface area contributed by atoms with Crippen LogP contribution in [0, 0.1) is 0 Å². The number of rotatable bonds is 6. The van der Waals surface area contributed by atoms with Crippen LogP contribution in [0.15, 0.2) is 76.4 Å². The van der Waals surface area contributed by atoms with E-state index in [0.29, 0.717) is 11.4 Å². The SMILES string of the molecule is C.O=S(=O)(Nc1ccccc1OC1CCN(c2nc3ccc(Br)cc3s2)CC1)c1ccccn1. The van der Waals surface area contributed by atoms with Crippen LogP contribution in [-0.4, -0.2) is 37.6 Å². The van der Waals surface area contributed by atoms with Crippen molar-refractivity contribution in [1.29, 1.82) is 0 Å². The van der Waals surface area contributed by atoms with E-state index in [1.165, 1.54) is 12.3 Å². The average Bonchev–Trinajstić information content (AvgIpc) is 3.24. The molecular formula is C24H25BrN4O3S2. The summed E-state index contributed by atoms with van der Waals surface area (Å²) in [5, 5.41) is 0.987. The van der Waals surface area contributed by atoms with Crippen molar-refractivity contribution in [3.8, 4) is 5.75 Å². The standard InChI is InChI=1S/C23H21BrN4O3S2.CH4/c24-16-8-9-19-21(15-16)32-23(26-19)28-13-10-17(11-14-28)31-20-6-2-1-5-18(20)27-33(29,30)22-7-3-4-12-25-22;/h1-9,12,15,17,27H,10-11,13-14H2;1H4. The first kappa shape index (κ1) is 24.4. The maximum Gasteiger partial charge on any atom is 0.279 e. The number of hydrogen-bond acceptors (Lipinski definition) is 7. The fourth-order valence-corrected chi connectivity index (χ4v) is 6.31. The molecule has 0 atom stereocenters. The molecule has 0 aliphatic carbocycles. The van der Waals surface area contributed by atoms with Crippen LogP contribution in [0.5, 0.6) is 5.75 Å². The summed E-state index contributed by atoms with van der Waals surface area (Å²) in [6.45, 7) is 1.65. The second kappa shape index (κ2) is 10.3. The average molecular weight is 562 g/mol. The van der Waals surface area contributed by atoms with E-state index in [4.69, 9.17) is 9.72 Å². The number of pyridine rings is 1. The molecule has 0 saturated carbocycles. The molecule has 0 radical (unpaired) electrons. The molecule has 1 N–H and O–H groups in total. The van der Waals surface area contributed by atoms with Crippen molar-refractivity contribution >= 4 is 58.3 Å². The van der Waals surface area contributed by atoms with Gasteiger partial charge < -0.3 is 9.64 Å². The highest BCUT2D eigenvalue weighted by Crippen LogP contribution is 2.34. The number of nitrogens with one attached hydrogen (secondary N) is 1. The Morgan fingerprint density at radius 1 is 1.06 bits per heavy atom. The van der Waals surface area contributed by atoms with Crippen LogP contribution in [0.25, 0.3) is 10.2 Å². The van der Waals surface area contributed by atoms with Gasteiger partial charge in [0.2, 0.25) is 0 Å². The number of sulfonamides is 1. The van der Waals surface area contributed by atoms with Gasteiger partial charge >= 0.3 is 0 Å². The third-order valence-corrected chi connectivity index (χ3v) is 8.24. The molecule has 1 saturated heterocycles. The first-order valence-electron chi connectivity index (χ1n) is 10.5. The summed E-state index contributed by atoms with van der Waals surface area (Å²) in [6.07, 6.45) is 3.09. The highest BCUT2D eigenvalue weighted by molar-refractivity contribution is 9.10. The fraction of sp³-hybridized carbons (Fsp3) is 0.250. The van der Waals surface area contributed by atoms with Crippen LogP contribution in [0.1, 0.15) is 20.3 Å². The van der Waals surface area contributed by atoms with E-state index in [9.17, 15) is 8.42 Å². The highest BCUT2D eigenvalue weighted by Gasteiger charge is 2.24. The van der Waals surface area contributed by atoms with E-state index in [2.05, 4.69) is 36.6 Å². The van der Waals surface area contributed by atoms with Crippen LogP contribution in [-0.2, 0) is 10.0 Å². The Hall–Kier alpha value is -2.69. The van der Waals surface area contributed by atoms with Gasteiger partial charge in [-0.25, -0.2) is 9.97 Å². The van der Waals surface area contributed by atoms with E-state index >= 15 is 0 Å². The summed E-state index contributed by atoms with van der Waals surface area (Å²) in [4.78, 5) is 11.0. The number of fused-ring (bicyclic) bond motifs is 1. The van der Waals surface area contributed by atoms with Crippen molar-refractivity contribution in [2.75, 3.05) is 22.7 Å². The van der Waals surface area contributed by atoms with Crippen molar-refractivity contribution in [3.63, 3.8) is 0 Å². The predicted molar refractivity (Wildman–Crippen MR) is 141 cm³/mol. The van der Waals surface area contributed by atoms with Gasteiger partial charge in [-0.15, -0.1) is 0 Å². The van der Waals surface area contributed by atoms with E-state index in [-0.39, 0.29) is 18.6 Å². The van der Waals surface area contributed by atoms with Crippen molar-refractivity contribution in [2.24, 2.45) is 0 Å². The third-order valence-electron chi connectivity index (χ3n) is 5.39. The van der Waals surface area contributed by atoms with Gasteiger partial charge in [0.05, 0.1) is 15.9 Å². The number of ether oxygens (including phenoxy) is 1. The third kappa shape index (κ3) is 5.34. The van der Waals surface area contributed by atoms with Crippen molar-refractivity contribution in [3.05, 3.63) is 71.3 Å². The highest BCUT2D eigenvalue weighted by atomic mass is 79.9. The van der Waals surface area contributed by atoms with Crippen LogP contribution in [0.3, 0.4) is 0 Å². The van der Waals surface area contributed by atoms with Crippen LogP contribution < -0.4 is 14.4 Å². The van der Waals surface area contributed by atoms with Gasteiger partial charge in [0.25, 0.3) is 10.0 Å². The zero-order valence-corrected chi connectivity index (χ0v) is 20.7. The zero-order valence-electron chi connectivity index (χ0n) is 17.5. The maximum absolute atomic E-state index is 12.7. The lowest BCUT2D eigenvalue weighted by Crippen LogP contribution is -2.38. The van der Waals surface area contributed by atoms with Crippen molar-refractivity contribution < 1.29 is 13.2 Å². The molecule has 34 heavy (non-hydrogen) atoms. The molecule has 0 spiro atoms. The number of para-hydroxylation sites is 2. The van der Waals surface area contributed by atoms with Gasteiger partial charge in [-0.3, -0.25) is 4.72 Å². The number of hydrogen-bond donors (Lipinski definition) is 1. The summed E-state index contributed by atoms with van der Waals surface area (Å²) < 4.78 is 36.4. The molecule has 0 amide bonds. The smallest absolute Gasteiger partial charge is 0.279 e. The number of nitrogens with zero attached hydrogens (tertiary/aromatic N) is 3. The van der Waals surface area contributed by atoms with E-state index in [1.54, 1.807) is 41.7 Å². The molecule has 7 nitrogen and oxygen atoms in total. The molecule has 4 aromatic rings. The number of aromatic nitrogens is 2. The quantitative estimate of drug-likeness (QED) is 0.314. The second-order valence-corrected chi connectivity index (χ2v) is 11.2. The monoisotopic (exact) mass is 560 g/mol. The summed E-state index contributed by atoms with van der Waals surface area (Å²) in [7, 11) is -3.80. The van der Waals surface area contributed by atoms with Crippen LogP contribution in [0.4, 0.5) is 10.8 Å². The van der Waals surface area contributed by atoms with Crippen LogP contribution in [0.2, 0.25) is 0 Å². The Morgan fingerprint density at radius 2 is 1.82 bits per heavy atom. The predicted octanol–water partition coefficient (Wildman–Crippen LogP) is 5.94. The Balaban J connectivity index is 0.00000274. The molecule has 10 heteroatoms. The minimum absolute atomic E-state index is 0. The molecule has 5 rings (SSSR count). The van der Waals surface area contributed by atoms with Crippen LogP contribution >= 0.6 is 27.3 Å². The Labute approximate surface area is 212 Å². The molecule has 178 valence electrons. The lowest BCUT2D eigenvalue weighted by molar-refractivity contribution is 0.172. The summed E-state index contributed by atoms with van der Waals surface area (Å²) in [5.41, 5.74) is 1.41. The topological polar surface area (TPSA) is 84.4 Å². The summed E-state index contributed by atoms with van der Waals surface area (Å²) in [6, 6.07) is 18.0. The summed E-state index contributed by atoms with van der Waals surface area (Å²) in [5.74, 6) is 0.514. The van der Waals surface area contributed by atoms with Gasteiger partial charge in [0.15, 0.2) is 10.2 Å². The normalized spacial score (nSPS) is 14.6. The number of halogens is 1. The summed E-state index contributed by atoms with van der Waals surface area (Å²) >= 11 is 5.21. The zero-order chi connectivity index (χ0) is 22.8. The van der Waals surface area contributed by atoms with Gasteiger partial charge in [-0.05, 0) is 42.5 Å². The minimum Gasteiger partial charge on any atom is -0.488 e. The molecule has 1 aliphatic heterocycles. The van der Waals surface area contributed by atoms with Gasteiger partial charge in [0, 0.05) is 36.6 Å². The number of thiazole rings is 1.